The van der Waals surface area contributed by atoms with Gasteiger partial charge in [0.15, 0.2) is 0 Å². The van der Waals surface area contributed by atoms with Crippen LogP contribution in [0.15, 0.2) is 11.6 Å². The molecule has 0 aliphatic heterocycles. The molecule has 1 fully saturated rings. The highest BCUT2D eigenvalue weighted by Gasteiger charge is 2.24. The van der Waals surface area contributed by atoms with Crippen LogP contribution in [0.2, 0.25) is 0 Å². The van der Waals surface area contributed by atoms with Gasteiger partial charge in [-0.05, 0) is 38.0 Å². The van der Waals surface area contributed by atoms with Crippen LogP contribution in [0.25, 0.3) is 0 Å². The molecule has 11 heavy (non-hydrogen) atoms. The second-order valence-electron chi connectivity index (χ2n) is 3.84. The van der Waals surface area contributed by atoms with E-state index in [-0.39, 0.29) is 0 Å². The third-order valence-electron chi connectivity index (χ3n) is 3.10. The lowest BCUT2D eigenvalue weighted by Gasteiger charge is -2.32. The topological polar surface area (TPSA) is 0 Å². The molecule has 0 nitrogen and oxygen atoms in total. The fourth-order valence-electron chi connectivity index (χ4n) is 1.82. The van der Waals surface area contributed by atoms with Crippen LogP contribution in [0, 0.1) is 11.8 Å². The van der Waals surface area contributed by atoms with Crippen molar-refractivity contribution in [3.63, 3.8) is 0 Å². The van der Waals surface area contributed by atoms with E-state index in [0.717, 1.165) is 11.8 Å². The van der Waals surface area contributed by atoms with E-state index in [2.05, 4.69) is 26.8 Å². The lowest BCUT2D eigenvalue weighted by atomic mass is 9.74. The zero-order valence-electron chi connectivity index (χ0n) is 8.06. The molecule has 0 radical (unpaired) electrons. The van der Waals surface area contributed by atoms with E-state index in [1.807, 2.05) is 0 Å². The van der Waals surface area contributed by atoms with Crippen LogP contribution >= 0.6 is 0 Å². The summed E-state index contributed by atoms with van der Waals surface area (Å²) in [6.45, 7) is 6.88. The van der Waals surface area contributed by atoms with Crippen LogP contribution in [0.3, 0.4) is 0 Å². The van der Waals surface area contributed by atoms with Gasteiger partial charge >= 0.3 is 0 Å². The van der Waals surface area contributed by atoms with Gasteiger partial charge in [-0.2, -0.15) is 0 Å². The van der Waals surface area contributed by atoms with Crippen LogP contribution in [0.4, 0.5) is 0 Å². The van der Waals surface area contributed by atoms with Gasteiger partial charge in [0.25, 0.3) is 0 Å². The molecule has 1 unspecified atom stereocenters. The molecule has 0 aromatic rings. The van der Waals surface area contributed by atoms with Crippen molar-refractivity contribution in [2.24, 2.45) is 11.8 Å². The predicted molar refractivity (Wildman–Crippen MR) is 50.6 cm³/mol. The van der Waals surface area contributed by atoms with Crippen LogP contribution in [0.1, 0.15) is 46.5 Å². The molecular weight excluding hydrogens is 132 g/mol. The molecule has 0 spiro atoms. The molecule has 0 bridgehead atoms. The summed E-state index contributed by atoms with van der Waals surface area (Å²) in [7, 11) is 0. The maximum absolute atomic E-state index is 2.38. The number of allylic oxidation sites excluding steroid dienone is 2. The highest BCUT2D eigenvalue weighted by atomic mass is 14.3. The second kappa shape index (κ2) is 3.94. The van der Waals surface area contributed by atoms with Crippen molar-refractivity contribution < 1.29 is 0 Å². The van der Waals surface area contributed by atoms with Gasteiger partial charge in [-0.15, -0.1) is 0 Å². The Hall–Kier alpha value is -0.260. The molecule has 0 amide bonds. The maximum Gasteiger partial charge on any atom is -0.0206 e. The van der Waals surface area contributed by atoms with Crippen LogP contribution < -0.4 is 0 Å². The summed E-state index contributed by atoms with van der Waals surface area (Å²) >= 11 is 0. The van der Waals surface area contributed by atoms with Gasteiger partial charge in [-0.25, -0.2) is 0 Å². The largest absolute Gasteiger partial charge is 0.0856 e. The van der Waals surface area contributed by atoms with Crippen LogP contribution in [0.5, 0.6) is 0 Å². The van der Waals surface area contributed by atoms with Gasteiger partial charge in [-0.3, -0.25) is 0 Å². The molecule has 1 rings (SSSR count). The Bertz CT molecular complexity index is 140. The average Bonchev–Trinajstić information content (AvgIpc) is 1.84. The highest BCUT2D eigenvalue weighted by molar-refractivity contribution is 5.04. The normalized spacial score (nSPS) is 23.0. The summed E-state index contributed by atoms with van der Waals surface area (Å²) < 4.78 is 0. The Labute approximate surface area is 70.7 Å². The van der Waals surface area contributed by atoms with E-state index in [1.54, 1.807) is 5.57 Å². The van der Waals surface area contributed by atoms with Crippen molar-refractivity contribution in [3.8, 4) is 0 Å². The van der Waals surface area contributed by atoms with Crippen LogP contribution in [-0.4, -0.2) is 0 Å². The molecule has 0 aromatic heterocycles. The lowest BCUT2D eigenvalue weighted by Crippen LogP contribution is -2.20. The van der Waals surface area contributed by atoms with Crippen molar-refractivity contribution >= 4 is 0 Å². The summed E-state index contributed by atoms with van der Waals surface area (Å²) in [5, 5.41) is 0. The van der Waals surface area contributed by atoms with E-state index >= 15 is 0 Å². The Morgan fingerprint density at radius 1 is 1.55 bits per heavy atom. The van der Waals surface area contributed by atoms with Gasteiger partial charge < -0.3 is 0 Å². The van der Waals surface area contributed by atoms with E-state index in [4.69, 9.17) is 0 Å². The molecule has 1 aliphatic rings. The summed E-state index contributed by atoms with van der Waals surface area (Å²) in [5.74, 6) is 1.86. The van der Waals surface area contributed by atoms with E-state index in [1.165, 1.54) is 25.7 Å². The van der Waals surface area contributed by atoms with E-state index in [0.29, 0.717) is 0 Å². The molecule has 0 heteroatoms. The van der Waals surface area contributed by atoms with Gasteiger partial charge in [0.2, 0.25) is 0 Å². The Balaban J connectivity index is 2.38. The summed E-state index contributed by atoms with van der Waals surface area (Å²) in [5.41, 5.74) is 1.61. The third kappa shape index (κ3) is 2.08. The molecule has 0 N–H and O–H groups in total. The average molecular weight is 152 g/mol. The standard InChI is InChI=1S/C11H20/c1-4-6-9(2)10(3)11-7-5-8-11/h6,10-11H,4-5,7-8H2,1-3H3. The fraction of sp³-hybridized carbons (Fsp3) is 0.818. The van der Waals surface area contributed by atoms with Crippen molar-refractivity contribution in [2.75, 3.05) is 0 Å². The van der Waals surface area contributed by atoms with Crippen molar-refractivity contribution in [3.05, 3.63) is 11.6 Å². The summed E-state index contributed by atoms with van der Waals surface area (Å²) in [4.78, 5) is 0. The maximum atomic E-state index is 2.38. The Kier molecular flexibility index (Phi) is 3.16. The smallest absolute Gasteiger partial charge is 0.0206 e. The number of hydrogen-bond donors (Lipinski definition) is 0. The molecule has 0 heterocycles. The first-order valence-corrected chi connectivity index (χ1v) is 4.92. The van der Waals surface area contributed by atoms with Crippen LogP contribution in [-0.2, 0) is 0 Å². The molecule has 0 saturated heterocycles. The first kappa shape index (κ1) is 8.83. The zero-order chi connectivity index (χ0) is 8.27. The SMILES string of the molecule is CCC=C(C)C(C)C1CCC1. The fourth-order valence-corrected chi connectivity index (χ4v) is 1.82. The van der Waals surface area contributed by atoms with Gasteiger partial charge in [-0.1, -0.05) is 31.9 Å². The molecule has 64 valence electrons. The van der Waals surface area contributed by atoms with Gasteiger partial charge in [0.05, 0.1) is 0 Å². The van der Waals surface area contributed by atoms with Gasteiger partial charge in [0, 0.05) is 0 Å². The Morgan fingerprint density at radius 2 is 2.18 bits per heavy atom. The number of rotatable bonds is 3. The monoisotopic (exact) mass is 152 g/mol. The third-order valence-corrected chi connectivity index (χ3v) is 3.10. The van der Waals surface area contributed by atoms with Crippen molar-refractivity contribution in [2.45, 2.75) is 46.5 Å². The molecular formula is C11H20. The molecule has 0 aromatic carbocycles. The number of hydrogen-bond acceptors (Lipinski definition) is 0. The lowest BCUT2D eigenvalue weighted by molar-refractivity contribution is 0.246. The molecule has 1 saturated carbocycles. The van der Waals surface area contributed by atoms with Crippen molar-refractivity contribution in [1.29, 1.82) is 0 Å². The van der Waals surface area contributed by atoms with Gasteiger partial charge in [0.1, 0.15) is 0 Å². The quantitative estimate of drug-likeness (QED) is 0.540. The Morgan fingerprint density at radius 3 is 2.55 bits per heavy atom. The predicted octanol–water partition coefficient (Wildman–Crippen LogP) is 3.78. The molecule has 1 atom stereocenters. The summed E-state index contributed by atoms with van der Waals surface area (Å²) in [6.07, 6.45) is 7.98. The first-order chi connectivity index (χ1) is 5.25. The minimum atomic E-state index is 0.851. The second-order valence-corrected chi connectivity index (χ2v) is 3.84. The minimum absolute atomic E-state index is 0.851. The van der Waals surface area contributed by atoms with E-state index < -0.39 is 0 Å². The summed E-state index contributed by atoms with van der Waals surface area (Å²) in [6, 6.07) is 0. The zero-order valence-corrected chi connectivity index (χ0v) is 8.06. The highest BCUT2D eigenvalue weighted by Crippen LogP contribution is 2.36. The first-order valence-electron chi connectivity index (χ1n) is 4.92. The van der Waals surface area contributed by atoms with E-state index in [9.17, 15) is 0 Å². The van der Waals surface area contributed by atoms with Crippen molar-refractivity contribution in [1.82, 2.24) is 0 Å². The molecule has 1 aliphatic carbocycles. The minimum Gasteiger partial charge on any atom is -0.0856 e.